The lowest BCUT2D eigenvalue weighted by atomic mass is 10.1. The number of hydrogen-bond acceptors (Lipinski definition) is 2. The minimum Gasteiger partial charge on any atom is -0.357 e. The van der Waals surface area contributed by atoms with Crippen LogP contribution in [0.2, 0.25) is 0 Å². The molecule has 0 spiro atoms. The van der Waals surface area contributed by atoms with Crippen LogP contribution in [-0.2, 0) is 17.8 Å². The largest absolute Gasteiger partial charge is 0.357 e. The smallest absolute Gasteiger partial charge is 0.224 e. The Morgan fingerprint density at radius 3 is 2.18 bits per heavy atom. The van der Waals surface area contributed by atoms with Gasteiger partial charge in [-0.2, -0.15) is 0 Å². The van der Waals surface area contributed by atoms with Crippen molar-refractivity contribution >= 4 is 35.8 Å². The van der Waals surface area contributed by atoms with E-state index < -0.39 is 0 Å². The minimum absolute atomic E-state index is 0. The van der Waals surface area contributed by atoms with Gasteiger partial charge in [0.2, 0.25) is 5.91 Å². The summed E-state index contributed by atoms with van der Waals surface area (Å²) in [5.74, 6) is -0.237. The third-order valence-corrected chi connectivity index (χ3v) is 3.65. The zero-order chi connectivity index (χ0) is 19.5. The normalized spacial score (nSPS) is 10.8. The van der Waals surface area contributed by atoms with Crippen molar-refractivity contribution < 1.29 is 13.6 Å². The van der Waals surface area contributed by atoms with Crippen LogP contribution in [-0.4, -0.2) is 31.5 Å². The molecule has 0 radical (unpaired) electrons. The molecule has 0 aromatic heterocycles. The zero-order valence-electron chi connectivity index (χ0n) is 15.7. The Morgan fingerprint density at radius 2 is 1.54 bits per heavy atom. The Kier molecular flexibility index (Phi) is 11.1. The molecule has 0 atom stereocenters. The molecule has 0 unspecified atom stereocenters. The topological polar surface area (TPSA) is 65.5 Å². The van der Waals surface area contributed by atoms with Crippen molar-refractivity contribution in [1.82, 2.24) is 16.0 Å². The lowest BCUT2D eigenvalue weighted by molar-refractivity contribution is -0.120. The molecule has 0 aliphatic rings. The van der Waals surface area contributed by atoms with Gasteiger partial charge in [0.05, 0.1) is 13.0 Å². The predicted octanol–water partition coefficient (Wildman–Crippen LogP) is 3.00. The van der Waals surface area contributed by atoms with Gasteiger partial charge in [-0.1, -0.05) is 24.3 Å². The fraction of sp³-hybridized carbons (Fsp3) is 0.300. The Balaban J connectivity index is 0.00000392. The van der Waals surface area contributed by atoms with Crippen molar-refractivity contribution in [3.8, 4) is 0 Å². The van der Waals surface area contributed by atoms with Gasteiger partial charge in [0.15, 0.2) is 5.96 Å². The summed E-state index contributed by atoms with van der Waals surface area (Å²) in [6.07, 6.45) is 0.130. The number of nitrogens with zero attached hydrogens (tertiary/aromatic N) is 1. The predicted molar refractivity (Wildman–Crippen MR) is 118 cm³/mol. The van der Waals surface area contributed by atoms with Crippen molar-refractivity contribution in [1.29, 1.82) is 0 Å². The fourth-order valence-corrected chi connectivity index (χ4v) is 2.43. The highest BCUT2D eigenvalue weighted by atomic mass is 127. The van der Waals surface area contributed by atoms with Crippen LogP contribution in [0.3, 0.4) is 0 Å². The van der Waals surface area contributed by atoms with Gasteiger partial charge in [0.25, 0.3) is 0 Å². The molecule has 0 saturated carbocycles. The number of hydrogen-bond donors (Lipinski definition) is 3. The van der Waals surface area contributed by atoms with E-state index in [9.17, 15) is 13.6 Å². The van der Waals surface area contributed by atoms with Crippen molar-refractivity contribution in [2.45, 2.75) is 19.9 Å². The number of aliphatic imine (C=N–C) groups is 1. The molecule has 0 aliphatic carbocycles. The van der Waals surface area contributed by atoms with E-state index in [2.05, 4.69) is 20.9 Å². The minimum atomic E-state index is -0.355. The van der Waals surface area contributed by atoms with E-state index in [0.29, 0.717) is 37.7 Å². The second-order valence-corrected chi connectivity index (χ2v) is 5.91. The van der Waals surface area contributed by atoms with E-state index in [0.717, 1.165) is 5.56 Å². The number of amides is 1. The maximum atomic E-state index is 13.2. The number of halogens is 3. The number of nitrogens with one attached hydrogen (secondary N) is 3. The standard InChI is InChI=1S/C20H24F2N4O.HI/c1-2-23-20(26-14-16-6-4-8-18(22)12-16)25-10-9-24-19(27)13-15-5-3-7-17(21)11-15;/h3-8,11-12H,2,9-10,13-14H2,1H3,(H,24,27)(H2,23,25,26);1H. The van der Waals surface area contributed by atoms with E-state index in [1.54, 1.807) is 18.2 Å². The first-order valence-corrected chi connectivity index (χ1v) is 8.84. The second kappa shape index (κ2) is 13.0. The first-order chi connectivity index (χ1) is 13.1. The third kappa shape index (κ3) is 9.12. The molecule has 28 heavy (non-hydrogen) atoms. The van der Waals surface area contributed by atoms with Gasteiger partial charge in [0, 0.05) is 19.6 Å². The monoisotopic (exact) mass is 502 g/mol. The Labute approximate surface area is 181 Å². The van der Waals surface area contributed by atoms with Crippen molar-refractivity contribution in [2.24, 2.45) is 4.99 Å². The molecule has 2 aromatic carbocycles. The molecule has 8 heteroatoms. The molecule has 2 aromatic rings. The number of benzene rings is 2. The third-order valence-electron chi connectivity index (χ3n) is 3.65. The highest BCUT2D eigenvalue weighted by Crippen LogP contribution is 2.05. The van der Waals surface area contributed by atoms with E-state index in [1.165, 1.54) is 24.3 Å². The molecule has 2 rings (SSSR count). The zero-order valence-corrected chi connectivity index (χ0v) is 18.0. The Morgan fingerprint density at radius 1 is 0.929 bits per heavy atom. The summed E-state index contributed by atoms with van der Waals surface area (Å²) in [6, 6.07) is 12.3. The second-order valence-electron chi connectivity index (χ2n) is 5.91. The van der Waals surface area contributed by atoms with Crippen LogP contribution in [0.4, 0.5) is 8.78 Å². The summed E-state index contributed by atoms with van der Waals surface area (Å²) in [7, 11) is 0. The van der Waals surface area contributed by atoms with Crippen LogP contribution in [0.25, 0.3) is 0 Å². The molecule has 0 saturated heterocycles. The molecule has 1 amide bonds. The van der Waals surface area contributed by atoms with E-state index >= 15 is 0 Å². The molecule has 0 fully saturated rings. The SMILES string of the molecule is CCNC(=NCc1cccc(F)c1)NCCNC(=O)Cc1cccc(F)c1.I. The summed E-state index contributed by atoms with van der Waals surface area (Å²) in [5, 5.41) is 8.97. The summed E-state index contributed by atoms with van der Waals surface area (Å²) >= 11 is 0. The number of rotatable bonds is 8. The molecule has 0 bridgehead atoms. The molecule has 5 nitrogen and oxygen atoms in total. The molecule has 3 N–H and O–H groups in total. The van der Waals surface area contributed by atoms with Crippen LogP contribution in [0, 0.1) is 11.6 Å². The van der Waals surface area contributed by atoms with Crippen LogP contribution in [0.5, 0.6) is 0 Å². The first kappa shape index (κ1) is 23.8. The quantitative estimate of drug-likeness (QED) is 0.225. The van der Waals surface area contributed by atoms with E-state index in [4.69, 9.17) is 0 Å². The molecule has 0 aliphatic heterocycles. The van der Waals surface area contributed by atoms with Gasteiger partial charge in [-0.05, 0) is 42.3 Å². The van der Waals surface area contributed by atoms with Crippen molar-refractivity contribution in [3.63, 3.8) is 0 Å². The number of guanidine groups is 1. The van der Waals surface area contributed by atoms with E-state index in [1.807, 2.05) is 13.0 Å². The van der Waals surface area contributed by atoms with Crippen molar-refractivity contribution in [2.75, 3.05) is 19.6 Å². The van der Waals surface area contributed by atoms with Gasteiger partial charge in [0.1, 0.15) is 11.6 Å². The van der Waals surface area contributed by atoms with Gasteiger partial charge >= 0.3 is 0 Å². The maximum Gasteiger partial charge on any atom is 0.224 e. The molecular weight excluding hydrogens is 477 g/mol. The summed E-state index contributed by atoms with van der Waals surface area (Å²) in [6.45, 7) is 3.85. The highest BCUT2D eigenvalue weighted by molar-refractivity contribution is 14.0. The van der Waals surface area contributed by atoms with E-state index in [-0.39, 0.29) is 47.9 Å². The molecular formula is C20H25F2IN4O. The first-order valence-electron chi connectivity index (χ1n) is 8.84. The summed E-state index contributed by atoms with van der Waals surface area (Å²) < 4.78 is 26.3. The number of carbonyl (C=O) groups is 1. The average molecular weight is 502 g/mol. The van der Waals surface area contributed by atoms with Crippen LogP contribution in [0.1, 0.15) is 18.1 Å². The highest BCUT2D eigenvalue weighted by Gasteiger charge is 2.04. The molecule has 152 valence electrons. The lowest BCUT2D eigenvalue weighted by Gasteiger charge is -2.12. The summed E-state index contributed by atoms with van der Waals surface area (Å²) in [4.78, 5) is 16.3. The van der Waals surface area contributed by atoms with Crippen molar-refractivity contribution in [3.05, 3.63) is 71.3 Å². The number of carbonyl (C=O) groups excluding carboxylic acids is 1. The van der Waals surface area contributed by atoms with Gasteiger partial charge in [-0.15, -0.1) is 24.0 Å². The van der Waals surface area contributed by atoms with Gasteiger partial charge in [-0.25, -0.2) is 13.8 Å². The molecule has 0 heterocycles. The van der Waals surface area contributed by atoms with Gasteiger partial charge < -0.3 is 16.0 Å². The van der Waals surface area contributed by atoms with Crippen LogP contribution < -0.4 is 16.0 Å². The Hall–Kier alpha value is -2.23. The lowest BCUT2D eigenvalue weighted by Crippen LogP contribution is -2.41. The van der Waals surface area contributed by atoms with Crippen LogP contribution >= 0.6 is 24.0 Å². The average Bonchev–Trinajstić information content (AvgIpc) is 2.63. The maximum absolute atomic E-state index is 13.2. The Bertz CT molecular complexity index is 786. The summed E-state index contributed by atoms with van der Waals surface area (Å²) in [5.41, 5.74) is 1.40. The van der Waals surface area contributed by atoms with Crippen LogP contribution in [0.15, 0.2) is 53.5 Å². The van der Waals surface area contributed by atoms with Gasteiger partial charge in [-0.3, -0.25) is 4.79 Å². The fourth-order valence-electron chi connectivity index (χ4n) is 2.43.